The minimum atomic E-state index is -0.734. The summed E-state index contributed by atoms with van der Waals surface area (Å²) in [6, 6.07) is 4.13. The van der Waals surface area contributed by atoms with Crippen LogP contribution in [0.5, 0.6) is 11.5 Å². The number of anilines is 1. The van der Waals surface area contributed by atoms with Crippen molar-refractivity contribution in [2.45, 2.75) is 46.1 Å². The Bertz CT molecular complexity index is 815. The molecule has 0 saturated heterocycles. The first kappa shape index (κ1) is 22.6. The van der Waals surface area contributed by atoms with Crippen molar-refractivity contribution in [3.05, 3.63) is 28.8 Å². The van der Waals surface area contributed by atoms with Crippen molar-refractivity contribution in [3.8, 4) is 11.5 Å². The van der Waals surface area contributed by atoms with Gasteiger partial charge in [-0.25, -0.2) is 0 Å². The standard InChI is InChI=1S/C20H28N4O4S/c1-6-7-8-16-23-24-20(29-16)22-19(26)17(12(2)3)21-18(25)13-9-14(27-4)11-15(10-13)28-5/h9-12,17H,6-8H2,1-5H3,(H,21,25)(H,22,24,26). The number of ether oxygens (including phenoxy) is 2. The Balaban J connectivity index is 2.10. The lowest BCUT2D eigenvalue weighted by Crippen LogP contribution is -2.47. The molecule has 0 aliphatic carbocycles. The third kappa shape index (κ3) is 6.42. The molecule has 29 heavy (non-hydrogen) atoms. The van der Waals surface area contributed by atoms with Crippen molar-refractivity contribution in [1.82, 2.24) is 15.5 Å². The van der Waals surface area contributed by atoms with E-state index in [0.717, 1.165) is 24.3 Å². The average molecular weight is 421 g/mol. The summed E-state index contributed by atoms with van der Waals surface area (Å²) in [5.41, 5.74) is 0.345. The number of aromatic nitrogens is 2. The highest BCUT2D eigenvalue weighted by Gasteiger charge is 2.26. The van der Waals surface area contributed by atoms with E-state index in [4.69, 9.17) is 9.47 Å². The average Bonchev–Trinajstić information content (AvgIpc) is 3.16. The van der Waals surface area contributed by atoms with E-state index in [1.54, 1.807) is 18.2 Å². The molecule has 1 aromatic carbocycles. The number of hydrogen-bond donors (Lipinski definition) is 2. The molecule has 158 valence electrons. The van der Waals surface area contributed by atoms with E-state index in [9.17, 15) is 9.59 Å². The van der Waals surface area contributed by atoms with Crippen LogP contribution in [0.4, 0.5) is 5.13 Å². The maximum absolute atomic E-state index is 12.8. The summed E-state index contributed by atoms with van der Waals surface area (Å²) in [5, 5.41) is 15.0. The minimum absolute atomic E-state index is 0.126. The van der Waals surface area contributed by atoms with E-state index >= 15 is 0 Å². The zero-order chi connectivity index (χ0) is 21.4. The van der Waals surface area contributed by atoms with Gasteiger partial charge in [0.25, 0.3) is 5.91 Å². The van der Waals surface area contributed by atoms with Crippen LogP contribution in [0, 0.1) is 5.92 Å². The van der Waals surface area contributed by atoms with Crippen LogP contribution in [0.15, 0.2) is 18.2 Å². The Hall–Kier alpha value is -2.68. The van der Waals surface area contributed by atoms with Gasteiger partial charge < -0.3 is 14.8 Å². The molecule has 0 radical (unpaired) electrons. The zero-order valence-corrected chi connectivity index (χ0v) is 18.3. The van der Waals surface area contributed by atoms with Crippen LogP contribution in [0.3, 0.4) is 0 Å². The van der Waals surface area contributed by atoms with Crippen molar-refractivity contribution >= 4 is 28.3 Å². The molecule has 0 bridgehead atoms. The number of aryl methyl sites for hydroxylation is 1. The summed E-state index contributed by atoms with van der Waals surface area (Å²) >= 11 is 1.36. The molecule has 2 amide bonds. The van der Waals surface area contributed by atoms with Gasteiger partial charge in [-0.2, -0.15) is 0 Å². The Labute approximate surface area is 175 Å². The van der Waals surface area contributed by atoms with Crippen LogP contribution in [0.1, 0.15) is 49.0 Å². The van der Waals surface area contributed by atoms with Crippen molar-refractivity contribution in [2.24, 2.45) is 5.92 Å². The smallest absolute Gasteiger partial charge is 0.252 e. The molecule has 8 nitrogen and oxygen atoms in total. The van der Waals surface area contributed by atoms with Gasteiger partial charge in [-0.1, -0.05) is 38.5 Å². The molecule has 2 rings (SSSR count). The summed E-state index contributed by atoms with van der Waals surface area (Å²) < 4.78 is 10.4. The van der Waals surface area contributed by atoms with Crippen molar-refractivity contribution in [3.63, 3.8) is 0 Å². The number of rotatable bonds is 10. The van der Waals surface area contributed by atoms with Gasteiger partial charge in [0.2, 0.25) is 11.0 Å². The van der Waals surface area contributed by atoms with Crippen LogP contribution in [-0.4, -0.2) is 42.3 Å². The molecule has 0 spiro atoms. The normalized spacial score (nSPS) is 11.8. The van der Waals surface area contributed by atoms with Crippen LogP contribution < -0.4 is 20.1 Å². The lowest BCUT2D eigenvalue weighted by molar-refractivity contribution is -0.118. The zero-order valence-electron chi connectivity index (χ0n) is 17.4. The Kier molecular flexibility index (Phi) is 8.38. The third-order valence-corrected chi connectivity index (χ3v) is 5.19. The third-order valence-electron chi connectivity index (χ3n) is 4.29. The molecule has 1 heterocycles. The highest BCUT2D eigenvalue weighted by atomic mass is 32.1. The molecule has 0 aliphatic rings. The van der Waals surface area contributed by atoms with Crippen LogP contribution in [-0.2, 0) is 11.2 Å². The van der Waals surface area contributed by atoms with Gasteiger partial charge in [0.1, 0.15) is 22.5 Å². The number of carbonyl (C=O) groups is 2. The number of benzene rings is 1. The highest BCUT2D eigenvalue weighted by molar-refractivity contribution is 7.15. The van der Waals surface area contributed by atoms with Crippen molar-refractivity contribution < 1.29 is 19.1 Å². The van der Waals surface area contributed by atoms with Gasteiger partial charge in [-0.15, -0.1) is 10.2 Å². The Morgan fingerprint density at radius 2 is 1.76 bits per heavy atom. The fourth-order valence-electron chi connectivity index (χ4n) is 2.61. The van der Waals surface area contributed by atoms with E-state index in [1.165, 1.54) is 25.6 Å². The lowest BCUT2D eigenvalue weighted by Gasteiger charge is -2.21. The maximum Gasteiger partial charge on any atom is 0.252 e. The number of hydrogen-bond acceptors (Lipinski definition) is 7. The van der Waals surface area contributed by atoms with E-state index in [0.29, 0.717) is 22.2 Å². The highest BCUT2D eigenvalue weighted by Crippen LogP contribution is 2.23. The topological polar surface area (TPSA) is 102 Å². The van der Waals surface area contributed by atoms with E-state index in [-0.39, 0.29) is 11.8 Å². The molecule has 1 unspecified atom stereocenters. The molecule has 0 fully saturated rings. The molecule has 1 atom stereocenters. The van der Waals surface area contributed by atoms with E-state index in [2.05, 4.69) is 27.8 Å². The number of nitrogens with zero attached hydrogens (tertiary/aromatic N) is 2. The van der Waals surface area contributed by atoms with Gasteiger partial charge in [-0.05, 0) is 24.5 Å². The minimum Gasteiger partial charge on any atom is -0.497 e. The number of nitrogens with one attached hydrogen (secondary N) is 2. The predicted octanol–water partition coefficient (Wildman–Crippen LogP) is 3.29. The molecular formula is C20H28N4O4S. The monoisotopic (exact) mass is 420 g/mol. The summed E-state index contributed by atoms with van der Waals surface area (Å²) in [6.07, 6.45) is 2.93. The summed E-state index contributed by atoms with van der Waals surface area (Å²) in [4.78, 5) is 25.5. The largest absolute Gasteiger partial charge is 0.497 e. The summed E-state index contributed by atoms with van der Waals surface area (Å²) in [6.45, 7) is 5.84. The maximum atomic E-state index is 12.8. The molecule has 2 aromatic rings. The Morgan fingerprint density at radius 1 is 1.10 bits per heavy atom. The van der Waals surface area contributed by atoms with Crippen molar-refractivity contribution in [1.29, 1.82) is 0 Å². The second-order valence-electron chi connectivity index (χ2n) is 6.89. The Morgan fingerprint density at radius 3 is 2.31 bits per heavy atom. The SMILES string of the molecule is CCCCc1nnc(NC(=O)C(NC(=O)c2cc(OC)cc(OC)c2)C(C)C)s1. The quantitative estimate of drug-likeness (QED) is 0.611. The second-order valence-corrected chi connectivity index (χ2v) is 7.95. The molecule has 9 heteroatoms. The van der Waals surface area contributed by atoms with Crippen LogP contribution in [0.2, 0.25) is 0 Å². The molecule has 1 aromatic heterocycles. The number of methoxy groups -OCH3 is 2. The fourth-order valence-corrected chi connectivity index (χ4v) is 3.40. The molecular weight excluding hydrogens is 392 g/mol. The number of unbranched alkanes of at least 4 members (excludes halogenated alkanes) is 1. The van der Waals surface area contributed by atoms with Gasteiger partial charge in [0.05, 0.1) is 14.2 Å². The summed E-state index contributed by atoms with van der Waals surface area (Å²) in [5.74, 6) is 0.138. The van der Waals surface area contributed by atoms with Crippen LogP contribution >= 0.6 is 11.3 Å². The van der Waals surface area contributed by atoms with Gasteiger partial charge in [0, 0.05) is 18.1 Å². The van der Waals surface area contributed by atoms with Crippen LogP contribution in [0.25, 0.3) is 0 Å². The predicted molar refractivity (Wildman–Crippen MR) is 113 cm³/mol. The second kappa shape index (κ2) is 10.8. The van der Waals surface area contributed by atoms with Crippen molar-refractivity contribution in [2.75, 3.05) is 19.5 Å². The van der Waals surface area contributed by atoms with Gasteiger partial charge in [-0.3, -0.25) is 14.9 Å². The first-order valence-electron chi connectivity index (χ1n) is 9.55. The first-order valence-corrected chi connectivity index (χ1v) is 10.4. The molecule has 0 saturated carbocycles. The van der Waals surface area contributed by atoms with Gasteiger partial charge in [0.15, 0.2) is 0 Å². The van der Waals surface area contributed by atoms with Gasteiger partial charge >= 0.3 is 0 Å². The van der Waals surface area contributed by atoms with E-state index in [1.807, 2.05) is 13.8 Å². The number of amides is 2. The molecule has 2 N–H and O–H groups in total. The molecule has 0 aliphatic heterocycles. The lowest BCUT2D eigenvalue weighted by atomic mass is 10.0. The first-order chi connectivity index (χ1) is 13.9. The number of carbonyl (C=O) groups excluding carboxylic acids is 2. The van der Waals surface area contributed by atoms with E-state index < -0.39 is 11.9 Å². The summed E-state index contributed by atoms with van der Waals surface area (Å²) in [7, 11) is 3.02. The fraction of sp³-hybridized carbons (Fsp3) is 0.500.